The molecule has 0 saturated carbocycles. The predicted molar refractivity (Wildman–Crippen MR) is 117 cm³/mol. The van der Waals surface area contributed by atoms with Crippen LogP contribution in [0.25, 0.3) is 0 Å². The average Bonchev–Trinajstić information content (AvgIpc) is 2.95. The second-order valence-corrected chi connectivity index (χ2v) is 8.07. The summed E-state index contributed by atoms with van der Waals surface area (Å²) in [5.74, 6) is 1.18. The molecule has 7 heteroatoms. The fourth-order valence-electron chi connectivity index (χ4n) is 3.37. The number of nitrogens with zero attached hydrogens (tertiary/aromatic N) is 3. The molecule has 154 valence electrons. The van der Waals surface area contributed by atoms with Gasteiger partial charge in [0.05, 0.1) is 22.5 Å². The van der Waals surface area contributed by atoms with Crippen LogP contribution in [0.15, 0.2) is 42.6 Å². The maximum absolute atomic E-state index is 12.4. The van der Waals surface area contributed by atoms with Gasteiger partial charge in [-0.05, 0) is 36.6 Å². The number of benzene rings is 1. The van der Waals surface area contributed by atoms with Crippen molar-refractivity contribution in [3.63, 3.8) is 0 Å². The third-order valence-electron chi connectivity index (χ3n) is 4.88. The van der Waals surface area contributed by atoms with Crippen molar-refractivity contribution in [1.82, 2.24) is 9.88 Å². The van der Waals surface area contributed by atoms with Crippen LogP contribution in [0, 0.1) is 5.92 Å². The Bertz CT molecular complexity index is 854. The second kappa shape index (κ2) is 9.74. The number of pyridine rings is 1. The molecular weight excluding hydrogens is 388 g/mol. The number of carbonyl (C=O) groups excluding carboxylic acids is 2. The van der Waals surface area contributed by atoms with E-state index in [1.807, 2.05) is 17.0 Å². The third-order valence-corrected chi connectivity index (χ3v) is 5.21. The van der Waals surface area contributed by atoms with E-state index in [4.69, 9.17) is 11.6 Å². The minimum Gasteiger partial charge on any atom is -0.355 e. The number of amides is 2. The first-order valence-electron chi connectivity index (χ1n) is 9.98. The number of hydrogen-bond acceptors (Lipinski definition) is 4. The number of hydrogen-bond donors (Lipinski definition) is 1. The second-order valence-electron chi connectivity index (χ2n) is 7.66. The molecule has 0 spiro atoms. The van der Waals surface area contributed by atoms with Crippen molar-refractivity contribution < 1.29 is 9.59 Å². The topological polar surface area (TPSA) is 65.5 Å². The van der Waals surface area contributed by atoms with Crippen molar-refractivity contribution in [2.45, 2.75) is 26.7 Å². The number of aromatic nitrogens is 1. The van der Waals surface area contributed by atoms with Gasteiger partial charge in [-0.25, -0.2) is 4.98 Å². The van der Waals surface area contributed by atoms with E-state index >= 15 is 0 Å². The normalized spacial score (nSPS) is 14.6. The first kappa shape index (κ1) is 21.1. The molecular formula is C22H27ClN4O2. The van der Waals surface area contributed by atoms with E-state index in [0.29, 0.717) is 35.2 Å². The fraction of sp³-hybridized carbons (Fsp3) is 0.409. The van der Waals surface area contributed by atoms with Crippen molar-refractivity contribution in [1.29, 1.82) is 0 Å². The monoisotopic (exact) mass is 414 g/mol. The van der Waals surface area contributed by atoms with Gasteiger partial charge in [-0.1, -0.05) is 37.6 Å². The van der Waals surface area contributed by atoms with E-state index < -0.39 is 0 Å². The van der Waals surface area contributed by atoms with E-state index in [-0.39, 0.29) is 11.8 Å². The first-order chi connectivity index (χ1) is 13.9. The molecule has 1 aliphatic heterocycles. The lowest BCUT2D eigenvalue weighted by Gasteiger charge is -2.23. The van der Waals surface area contributed by atoms with Crippen LogP contribution < -0.4 is 10.2 Å². The highest BCUT2D eigenvalue weighted by molar-refractivity contribution is 6.34. The Balaban J connectivity index is 1.59. The maximum Gasteiger partial charge on any atom is 0.257 e. The lowest BCUT2D eigenvalue weighted by atomic mass is 10.1. The molecule has 2 heterocycles. The van der Waals surface area contributed by atoms with Gasteiger partial charge in [-0.3, -0.25) is 9.59 Å². The van der Waals surface area contributed by atoms with Crippen molar-refractivity contribution in [2.24, 2.45) is 5.92 Å². The number of nitrogens with one attached hydrogen (secondary N) is 1. The zero-order valence-electron chi connectivity index (χ0n) is 16.9. The Morgan fingerprint density at radius 1 is 1.10 bits per heavy atom. The summed E-state index contributed by atoms with van der Waals surface area (Å²) in [4.78, 5) is 33.4. The van der Waals surface area contributed by atoms with Crippen LogP contribution in [0.1, 0.15) is 37.0 Å². The molecule has 3 rings (SSSR count). The van der Waals surface area contributed by atoms with Gasteiger partial charge < -0.3 is 15.1 Å². The molecule has 0 unspecified atom stereocenters. The Morgan fingerprint density at radius 2 is 1.90 bits per heavy atom. The summed E-state index contributed by atoms with van der Waals surface area (Å²) in [5.41, 5.74) is 1.04. The minimum absolute atomic E-state index is 0.229. The predicted octanol–water partition coefficient (Wildman–Crippen LogP) is 4.07. The van der Waals surface area contributed by atoms with Crippen LogP contribution in [0.2, 0.25) is 5.02 Å². The Labute approximate surface area is 176 Å². The van der Waals surface area contributed by atoms with Crippen molar-refractivity contribution in [3.05, 3.63) is 53.2 Å². The van der Waals surface area contributed by atoms with Crippen LogP contribution >= 0.6 is 11.6 Å². The molecule has 1 aliphatic rings. The molecule has 2 aromatic rings. The molecule has 0 atom stereocenters. The average molecular weight is 415 g/mol. The quantitative estimate of drug-likeness (QED) is 0.800. The molecule has 1 N–H and O–H groups in total. The summed E-state index contributed by atoms with van der Waals surface area (Å²) in [7, 11) is 0. The van der Waals surface area contributed by atoms with Gasteiger partial charge in [0.1, 0.15) is 5.82 Å². The standard InChI is InChI=1S/C22H27ClN4O2/c1-16(2)14-21(28)27-11-5-10-26(12-13-27)20-9-8-17(15-24-20)25-22(29)18-6-3-4-7-19(18)23/h3-4,6-9,15-16H,5,10-14H2,1-2H3,(H,25,29). The summed E-state index contributed by atoms with van der Waals surface area (Å²) in [5, 5.41) is 3.24. The highest BCUT2D eigenvalue weighted by Gasteiger charge is 2.20. The Kier molecular flexibility index (Phi) is 7.09. The van der Waals surface area contributed by atoms with E-state index in [1.54, 1.807) is 30.5 Å². The maximum atomic E-state index is 12.4. The van der Waals surface area contributed by atoms with Gasteiger partial charge >= 0.3 is 0 Å². The smallest absolute Gasteiger partial charge is 0.257 e. The van der Waals surface area contributed by atoms with E-state index in [2.05, 4.69) is 29.0 Å². The lowest BCUT2D eigenvalue weighted by molar-refractivity contribution is -0.131. The Hall–Kier alpha value is -2.60. The van der Waals surface area contributed by atoms with Gasteiger partial charge in [0.15, 0.2) is 0 Å². The van der Waals surface area contributed by atoms with Crippen LogP contribution in [0.5, 0.6) is 0 Å². The summed E-state index contributed by atoms with van der Waals surface area (Å²) >= 11 is 6.08. The van der Waals surface area contributed by atoms with Gasteiger partial charge in [-0.2, -0.15) is 0 Å². The van der Waals surface area contributed by atoms with Gasteiger partial charge in [0.25, 0.3) is 5.91 Å². The van der Waals surface area contributed by atoms with E-state index in [1.165, 1.54) is 0 Å². The summed E-state index contributed by atoms with van der Waals surface area (Å²) in [6, 6.07) is 10.7. The summed E-state index contributed by atoms with van der Waals surface area (Å²) in [6.45, 7) is 7.23. The SMILES string of the molecule is CC(C)CC(=O)N1CCCN(c2ccc(NC(=O)c3ccccc3Cl)cn2)CC1. The van der Waals surface area contributed by atoms with Gasteiger partial charge in [0, 0.05) is 32.6 Å². The van der Waals surface area contributed by atoms with Gasteiger partial charge in [0.2, 0.25) is 5.91 Å². The summed E-state index contributed by atoms with van der Waals surface area (Å²) < 4.78 is 0. The summed E-state index contributed by atoms with van der Waals surface area (Å²) in [6.07, 6.45) is 3.16. The van der Waals surface area contributed by atoms with Crippen LogP contribution in [-0.4, -0.2) is 47.9 Å². The number of carbonyl (C=O) groups is 2. The highest BCUT2D eigenvalue weighted by Crippen LogP contribution is 2.20. The third kappa shape index (κ3) is 5.70. The van der Waals surface area contributed by atoms with E-state index in [9.17, 15) is 9.59 Å². The number of halogens is 1. The zero-order chi connectivity index (χ0) is 20.8. The first-order valence-corrected chi connectivity index (χ1v) is 10.4. The zero-order valence-corrected chi connectivity index (χ0v) is 17.7. The number of anilines is 2. The highest BCUT2D eigenvalue weighted by atomic mass is 35.5. The molecule has 1 saturated heterocycles. The lowest BCUT2D eigenvalue weighted by Crippen LogP contribution is -2.35. The van der Waals surface area contributed by atoms with E-state index in [0.717, 1.165) is 31.9 Å². The van der Waals surface area contributed by atoms with Crippen molar-refractivity contribution in [2.75, 3.05) is 36.4 Å². The van der Waals surface area contributed by atoms with Crippen LogP contribution in [-0.2, 0) is 4.79 Å². The molecule has 2 amide bonds. The van der Waals surface area contributed by atoms with Crippen molar-refractivity contribution >= 4 is 34.9 Å². The minimum atomic E-state index is -0.265. The number of rotatable bonds is 5. The molecule has 29 heavy (non-hydrogen) atoms. The van der Waals surface area contributed by atoms with Crippen LogP contribution in [0.4, 0.5) is 11.5 Å². The van der Waals surface area contributed by atoms with Gasteiger partial charge in [-0.15, -0.1) is 0 Å². The fourth-order valence-corrected chi connectivity index (χ4v) is 3.59. The molecule has 0 aliphatic carbocycles. The molecule has 0 bridgehead atoms. The largest absolute Gasteiger partial charge is 0.355 e. The molecule has 0 radical (unpaired) electrons. The molecule has 1 fully saturated rings. The molecule has 1 aromatic heterocycles. The Morgan fingerprint density at radius 3 is 2.59 bits per heavy atom. The molecule has 1 aromatic carbocycles. The van der Waals surface area contributed by atoms with Crippen molar-refractivity contribution in [3.8, 4) is 0 Å². The molecule has 6 nitrogen and oxygen atoms in total. The van der Waals surface area contributed by atoms with Crippen LogP contribution in [0.3, 0.4) is 0 Å².